The molecule has 1 heterocycles. The van der Waals surface area contributed by atoms with E-state index < -0.39 is 24.1 Å². The standard InChI is InChI=1S/C33H45N5O5/c1-22(32(42)35-26-13-8-5-9-14-26)34-21-30(40)29(17-24-11-6-4-7-12-24)36-33(43)25-18-27(37(3)23(2)39)20-28(19-25)38-16-10-15-31(38)41/h4,6-7,11-12,18-20,22,26,29-30,34,40H,5,8-10,13-17,21H2,1-3H3,(H,35,42)(H,36,43)/t22-,29-,30+/m0/s1. The number of rotatable bonds is 12. The van der Waals surface area contributed by atoms with Crippen LogP contribution in [0, 0.1) is 0 Å². The first kappa shape index (κ1) is 32.2. The minimum Gasteiger partial charge on any atom is -0.390 e. The maximum atomic E-state index is 13.7. The second-order valence-electron chi connectivity index (χ2n) is 11.8. The summed E-state index contributed by atoms with van der Waals surface area (Å²) >= 11 is 0. The summed E-state index contributed by atoms with van der Waals surface area (Å²) < 4.78 is 0. The number of nitrogens with one attached hydrogen (secondary N) is 3. The molecule has 4 amide bonds. The molecule has 232 valence electrons. The first-order valence-corrected chi connectivity index (χ1v) is 15.4. The van der Waals surface area contributed by atoms with Gasteiger partial charge in [-0.3, -0.25) is 19.2 Å². The topological polar surface area (TPSA) is 131 Å². The van der Waals surface area contributed by atoms with Crippen molar-refractivity contribution < 1.29 is 24.3 Å². The molecular weight excluding hydrogens is 546 g/mol. The summed E-state index contributed by atoms with van der Waals surface area (Å²) in [5.41, 5.74) is 2.26. The molecule has 0 bridgehead atoms. The number of carbonyl (C=O) groups excluding carboxylic acids is 4. The van der Waals surface area contributed by atoms with Crippen LogP contribution in [0.3, 0.4) is 0 Å². The summed E-state index contributed by atoms with van der Waals surface area (Å²) in [5.74, 6) is -0.770. The van der Waals surface area contributed by atoms with E-state index in [4.69, 9.17) is 0 Å². The number of benzene rings is 2. The summed E-state index contributed by atoms with van der Waals surface area (Å²) in [6, 6.07) is 13.6. The van der Waals surface area contributed by atoms with Crippen molar-refractivity contribution in [2.75, 3.05) is 29.9 Å². The highest BCUT2D eigenvalue weighted by atomic mass is 16.3. The van der Waals surface area contributed by atoms with Gasteiger partial charge in [-0.15, -0.1) is 0 Å². The lowest BCUT2D eigenvalue weighted by molar-refractivity contribution is -0.124. The number of anilines is 2. The Hall–Kier alpha value is -3.76. The Morgan fingerprint density at radius 3 is 2.42 bits per heavy atom. The Morgan fingerprint density at radius 2 is 1.77 bits per heavy atom. The Kier molecular flexibility index (Phi) is 11.3. The van der Waals surface area contributed by atoms with Crippen molar-refractivity contribution in [3.05, 3.63) is 59.7 Å². The quantitative estimate of drug-likeness (QED) is 0.300. The van der Waals surface area contributed by atoms with Gasteiger partial charge in [0.25, 0.3) is 5.91 Å². The molecule has 1 aliphatic heterocycles. The Labute approximate surface area is 254 Å². The molecule has 1 aliphatic carbocycles. The van der Waals surface area contributed by atoms with E-state index in [0.717, 1.165) is 37.7 Å². The van der Waals surface area contributed by atoms with Crippen LogP contribution in [0.2, 0.25) is 0 Å². The highest BCUT2D eigenvalue weighted by Gasteiger charge is 2.27. The van der Waals surface area contributed by atoms with Crippen molar-refractivity contribution in [2.24, 2.45) is 0 Å². The highest BCUT2D eigenvalue weighted by molar-refractivity contribution is 6.02. The molecule has 3 atom stereocenters. The van der Waals surface area contributed by atoms with E-state index in [0.29, 0.717) is 30.8 Å². The van der Waals surface area contributed by atoms with E-state index in [1.807, 2.05) is 30.3 Å². The summed E-state index contributed by atoms with van der Waals surface area (Å²) in [6.45, 7) is 3.84. The molecule has 43 heavy (non-hydrogen) atoms. The van der Waals surface area contributed by atoms with E-state index in [9.17, 15) is 24.3 Å². The number of aliphatic hydroxyl groups is 1. The lowest BCUT2D eigenvalue weighted by atomic mass is 9.95. The smallest absolute Gasteiger partial charge is 0.251 e. The monoisotopic (exact) mass is 591 g/mol. The van der Waals surface area contributed by atoms with Gasteiger partial charge in [-0.2, -0.15) is 0 Å². The summed E-state index contributed by atoms with van der Waals surface area (Å²) in [7, 11) is 1.62. The Bertz CT molecular complexity index is 1280. The van der Waals surface area contributed by atoms with Crippen LogP contribution in [-0.4, -0.2) is 73.1 Å². The highest BCUT2D eigenvalue weighted by Crippen LogP contribution is 2.28. The van der Waals surface area contributed by atoms with Crippen molar-refractivity contribution in [2.45, 2.75) is 89.4 Å². The Balaban J connectivity index is 1.50. The van der Waals surface area contributed by atoms with Crippen LogP contribution in [0.1, 0.15) is 74.7 Å². The third kappa shape index (κ3) is 8.87. The lowest BCUT2D eigenvalue weighted by Gasteiger charge is -2.28. The average Bonchev–Trinajstić information content (AvgIpc) is 3.45. The minimum atomic E-state index is -1.00. The molecule has 2 aromatic rings. The van der Waals surface area contributed by atoms with Crippen molar-refractivity contribution >= 4 is 35.0 Å². The van der Waals surface area contributed by atoms with Crippen LogP contribution in [0.15, 0.2) is 48.5 Å². The summed E-state index contributed by atoms with van der Waals surface area (Å²) in [6.07, 6.45) is 5.95. The van der Waals surface area contributed by atoms with Crippen molar-refractivity contribution in [3.63, 3.8) is 0 Å². The number of nitrogens with zero attached hydrogens (tertiary/aromatic N) is 2. The third-order valence-corrected chi connectivity index (χ3v) is 8.47. The largest absolute Gasteiger partial charge is 0.390 e. The average molecular weight is 592 g/mol. The molecule has 10 nitrogen and oxygen atoms in total. The van der Waals surface area contributed by atoms with Gasteiger partial charge in [0.15, 0.2) is 0 Å². The maximum Gasteiger partial charge on any atom is 0.251 e. The van der Waals surface area contributed by atoms with Crippen LogP contribution in [0.4, 0.5) is 11.4 Å². The number of hydrogen-bond acceptors (Lipinski definition) is 6. The first-order chi connectivity index (χ1) is 20.6. The normalized spacial score (nSPS) is 17.7. The lowest BCUT2D eigenvalue weighted by Crippen LogP contribution is -2.53. The SMILES string of the molecule is CC(=O)N(C)c1cc(C(=O)N[C@@H](Cc2ccccc2)[C@H](O)CN[C@@H](C)C(=O)NC2CCCCC2)cc(N2CCCC2=O)c1. The molecule has 2 aromatic carbocycles. The molecule has 0 radical (unpaired) electrons. The Morgan fingerprint density at radius 1 is 1.05 bits per heavy atom. The van der Waals surface area contributed by atoms with Gasteiger partial charge in [-0.05, 0) is 56.4 Å². The fourth-order valence-electron chi connectivity index (χ4n) is 5.69. The molecule has 4 rings (SSSR count). The fraction of sp³-hybridized carbons (Fsp3) is 0.515. The van der Waals surface area contributed by atoms with Gasteiger partial charge in [0.2, 0.25) is 17.7 Å². The van der Waals surface area contributed by atoms with E-state index >= 15 is 0 Å². The van der Waals surface area contributed by atoms with E-state index in [1.54, 1.807) is 37.1 Å². The second kappa shape index (κ2) is 15.1. The zero-order valence-electron chi connectivity index (χ0n) is 25.5. The van der Waals surface area contributed by atoms with E-state index in [2.05, 4.69) is 16.0 Å². The third-order valence-electron chi connectivity index (χ3n) is 8.47. The predicted molar refractivity (Wildman–Crippen MR) is 167 cm³/mol. The van der Waals surface area contributed by atoms with E-state index in [1.165, 1.54) is 18.2 Å². The zero-order chi connectivity index (χ0) is 30.9. The van der Waals surface area contributed by atoms with Crippen molar-refractivity contribution in [1.82, 2.24) is 16.0 Å². The van der Waals surface area contributed by atoms with Crippen molar-refractivity contribution in [3.8, 4) is 0 Å². The number of carbonyl (C=O) groups is 4. The van der Waals surface area contributed by atoms with Crippen LogP contribution >= 0.6 is 0 Å². The number of amides is 4. The van der Waals surface area contributed by atoms with Crippen molar-refractivity contribution in [1.29, 1.82) is 0 Å². The van der Waals surface area contributed by atoms with Gasteiger partial charge in [0.1, 0.15) is 0 Å². The molecule has 0 unspecified atom stereocenters. The fourth-order valence-corrected chi connectivity index (χ4v) is 5.69. The zero-order valence-corrected chi connectivity index (χ0v) is 25.5. The molecule has 1 saturated carbocycles. The van der Waals surface area contributed by atoms with Gasteiger partial charge in [0.05, 0.1) is 18.2 Å². The van der Waals surface area contributed by atoms with Gasteiger partial charge >= 0.3 is 0 Å². The van der Waals surface area contributed by atoms with Gasteiger partial charge in [-0.25, -0.2) is 0 Å². The molecule has 4 N–H and O–H groups in total. The van der Waals surface area contributed by atoms with Crippen LogP contribution in [0.25, 0.3) is 0 Å². The number of hydrogen-bond donors (Lipinski definition) is 4. The van der Waals surface area contributed by atoms with Crippen LogP contribution in [0.5, 0.6) is 0 Å². The van der Waals surface area contributed by atoms with Gasteiger partial charge in [0, 0.05) is 56.5 Å². The minimum absolute atomic E-state index is 0.0286. The van der Waals surface area contributed by atoms with Crippen LogP contribution < -0.4 is 25.8 Å². The molecule has 0 spiro atoms. The molecule has 2 aliphatic rings. The first-order valence-electron chi connectivity index (χ1n) is 15.4. The number of aliphatic hydroxyl groups excluding tert-OH is 1. The molecule has 1 saturated heterocycles. The molecule has 10 heteroatoms. The van der Waals surface area contributed by atoms with Gasteiger partial charge in [-0.1, -0.05) is 49.6 Å². The summed E-state index contributed by atoms with van der Waals surface area (Å²) in [5, 5.41) is 20.5. The van der Waals surface area contributed by atoms with E-state index in [-0.39, 0.29) is 35.9 Å². The summed E-state index contributed by atoms with van der Waals surface area (Å²) in [4.78, 5) is 54.2. The van der Waals surface area contributed by atoms with Gasteiger partial charge < -0.3 is 30.9 Å². The maximum absolute atomic E-state index is 13.7. The van der Waals surface area contributed by atoms with Crippen LogP contribution in [-0.2, 0) is 20.8 Å². The second-order valence-corrected chi connectivity index (χ2v) is 11.8. The molecular formula is C33H45N5O5. The predicted octanol–water partition coefficient (Wildman–Crippen LogP) is 2.93. The molecule has 2 fully saturated rings. The molecule has 0 aromatic heterocycles.